The molecule has 5 nitrogen and oxygen atoms in total. The second-order valence-electron chi connectivity index (χ2n) is 7.15. The van der Waals surface area contributed by atoms with Gasteiger partial charge in [0.25, 0.3) is 0 Å². The van der Waals surface area contributed by atoms with Crippen molar-refractivity contribution < 1.29 is 4.42 Å². The van der Waals surface area contributed by atoms with Crippen LogP contribution in [0.25, 0.3) is 11.5 Å². The molecule has 1 aliphatic carbocycles. The fraction of sp³-hybridized carbons (Fsp3) is 0.304. The number of oxazole rings is 1. The lowest BCUT2D eigenvalue weighted by atomic mass is 10.0. The molecular formula is C23H27IN4O. The van der Waals surface area contributed by atoms with Crippen LogP contribution in [0, 0.1) is 6.92 Å². The maximum Gasteiger partial charge on any atom is 0.226 e. The lowest BCUT2D eigenvalue weighted by Crippen LogP contribution is -2.39. The Morgan fingerprint density at radius 2 is 1.90 bits per heavy atom. The molecule has 0 saturated heterocycles. The summed E-state index contributed by atoms with van der Waals surface area (Å²) in [7, 11) is 0. The van der Waals surface area contributed by atoms with E-state index in [9.17, 15) is 0 Å². The molecule has 1 fully saturated rings. The molecule has 29 heavy (non-hydrogen) atoms. The zero-order chi connectivity index (χ0) is 19.3. The van der Waals surface area contributed by atoms with Crippen molar-refractivity contribution >= 4 is 29.9 Å². The first-order valence-electron chi connectivity index (χ1n) is 9.84. The Labute approximate surface area is 189 Å². The summed E-state index contributed by atoms with van der Waals surface area (Å²) < 4.78 is 5.60. The quantitative estimate of drug-likeness (QED) is 0.287. The van der Waals surface area contributed by atoms with Gasteiger partial charge in [-0.25, -0.2) is 9.98 Å². The minimum atomic E-state index is 0. The summed E-state index contributed by atoms with van der Waals surface area (Å²) in [6.07, 6.45) is 2.82. The zero-order valence-corrected chi connectivity index (χ0v) is 19.1. The van der Waals surface area contributed by atoms with E-state index < -0.39 is 0 Å². The molecule has 1 saturated carbocycles. The van der Waals surface area contributed by atoms with E-state index in [1.807, 2.05) is 30.3 Å². The largest absolute Gasteiger partial charge is 0.444 e. The molecule has 2 N–H and O–H groups in total. The third kappa shape index (κ3) is 5.38. The molecule has 0 bridgehead atoms. The number of hydrogen-bond acceptors (Lipinski definition) is 3. The summed E-state index contributed by atoms with van der Waals surface area (Å²) in [5.41, 5.74) is 4.58. The van der Waals surface area contributed by atoms with E-state index in [0.717, 1.165) is 30.2 Å². The SMILES string of the molecule is CCNC(=NCc1coc(-c2ccccc2)n1)NC1CC1c1ccccc1C.I. The van der Waals surface area contributed by atoms with E-state index in [1.54, 1.807) is 6.26 Å². The van der Waals surface area contributed by atoms with Gasteiger partial charge in [-0.3, -0.25) is 0 Å². The molecule has 0 radical (unpaired) electrons. The second-order valence-corrected chi connectivity index (χ2v) is 7.15. The molecule has 0 spiro atoms. The standard InChI is InChI=1S/C23H26N4O.HI/c1-3-24-23(27-21-13-20(21)19-12-8-7-9-16(19)2)25-14-18-15-28-22(26-18)17-10-5-4-6-11-17;/h4-12,15,20-21H,3,13-14H2,1-2H3,(H2,24,25,27);1H. The van der Waals surface area contributed by atoms with Gasteiger partial charge >= 0.3 is 0 Å². The minimum absolute atomic E-state index is 0. The topological polar surface area (TPSA) is 62.5 Å². The Kier molecular flexibility index (Phi) is 7.30. The predicted molar refractivity (Wildman–Crippen MR) is 128 cm³/mol. The van der Waals surface area contributed by atoms with Crippen LogP contribution >= 0.6 is 24.0 Å². The molecule has 1 heterocycles. The van der Waals surface area contributed by atoms with E-state index in [-0.39, 0.29) is 24.0 Å². The van der Waals surface area contributed by atoms with E-state index in [2.05, 4.69) is 53.7 Å². The fourth-order valence-electron chi connectivity index (χ4n) is 3.45. The maximum atomic E-state index is 5.60. The van der Waals surface area contributed by atoms with Crippen LogP contribution in [0.3, 0.4) is 0 Å². The number of halogens is 1. The van der Waals surface area contributed by atoms with Crippen molar-refractivity contribution in [2.75, 3.05) is 6.54 Å². The van der Waals surface area contributed by atoms with E-state index in [4.69, 9.17) is 9.41 Å². The van der Waals surface area contributed by atoms with Crippen LogP contribution < -0.4 is 10.6 Å². The normalized spacial score (nSPS) is 18.1. The van der Waals surface area contributed by atoms with Crippen molar-refractivity contribution in [2.24, 2.45) is 4.99 Å². The third-order valence-electron chi connectivity index (χ3n) is 5.02. The van der Waals surface area contributed by atoms with Crippen molar-refractivity contribution in [3.05, 3.63) is 77.7 Å². The van der Waals surface area contributed by atoms with Gasteiger partial charge in [-0.2, -0.15) is 0 Å². The van der Waals surface area contributed by atoms with Crippen LogP contribution in [-0.2, 0) is 6.54 Å². The summed E-state index contributed by atoms with van der Waals surface area (Å²) in [6, 6.07) is 19.0. The van der Waals surface area contributed by atoms with E-state index in [1.165, 1.54) is 11.1 Å². The van der Waals surface area contributed by atoms with Crippen LogP contribution in [0.5, 0.6) is 0 Å². The van der Waals surface area contributed by atoms with Crippen molar-refractivity contribution in [3.8, 4) is 11.5 Å². The van der Waals surface area contributed by atoms with Crippen LogP contribution in [0.2, 0.25) is 0 Å². The Morgan fingerprint density at radius 3 is 2.66 bits per heavy atom. The van der Waals surface area contributed by atoms with Crippen LogP contribution in [0.15, 0.2) is 70.3 Å². The molecule has 6 heteroatoms. The van der Waals surface area contributed by atoms with Crippen molar-refractivity contribution in [1.82, 2.24) is 15.6 Å². The Hall–Kier alpha value is -2.35. The molecule has 2 unspecified atom stereocenters. The average Bonchev–Trinajstić information content (AvgIpc) is 3.31. The fourth-order valence-corrected chi connectivity index (χ4v) is 3.45. The average molecular weight is 502 g/mol. The molecule has 2 aromatic carbocycles. The number of benzene rings is 2. The van der Waals surface area contributed by atoms with Gasteiger partial charge < -0.3 is 15.1 Å². The third-order valence-corrected chi connectivity index (χ3v) is 5.02. The van der Waals surface area contributed by atoms with Crippen LogP contribution in [-0.4, -0.2) is 23.5 Å². The maximum absolute atomic E-state index is 5.60. The van der Waals surface area contributed by atoms with Gasteiger partial charge in [0, 0.05) is 24.1 Å². The molecule has 4 rings (SSSR count). The summed E-state index contributed by atoms with van der Waals surface area (Å²) in [4.78, 5) is 9.25. The van der Waals surface area contributed by atoms with Gasteiger partial charge in [-0.05, 0) is 43.5 Å². The molecule has 1 aliphatic rings. The lowest BCUT2D eigenvalue weighted by molar-refractivity contribution is 0.572. The van der Waals surface area contributed by atoms with Gasteiger partial charge in [0.05, 0.1) is 6.54 Å². The van der Waals surface area contributed by atoms with E-state index in [0.29, 0.717) is 24.4 Å². The first-order valence-corrected chi connectivity index (χ1v) is 9.84. The number of aromatic nitrogens is 1. The molecule has 2 atom stereocenters. The molecule has 0 amide bonds. The number of nitrogens with one attached hydrogen (secondary N) is 2. The van der Waals surface area contributed by atoms with Gasteiger partial charge in [0.2, 0.25) is 5.89 Å². The van der Waals surface area contributed by atoms with Gasteiger partial charge in [-0.15, -0.1) is 24.0 Å². The number of aliphatic imine (C=N–C) groups is 1. The van der Waals surface area contributed by atoms with Gasteiger partial charge in [0.1, 0.15) is 12.0 Å². The minimum Gasteiger partial charge on any atom is -0.444 e. The first kappa shape index (κ1) is 21.4. The van der Waals surface area contributed by atoms with Crippen molar-refractivity contribution in [3.63, 3.8) is 0 Å². The van der Waals surface area contributed by atoms with Crippen molar-refractivity contribution in [2.45, 2.75) is 38.8 Å². The molecular weight excluding hydrogens is 475 g/mol. The molecule has 0 aliphatic heterocycles. The Balaban J connectivity index is 0.00000240. The Bertz CT molecular complexity index is 954. The summed E-state index contributed by atoms with van der Waals surface area (Å²) >= 11 is 0. The molecule has 3 aromatic rings. The number of hydrogen-bond donors (Lipinski definition) is 2. The number of aryl methyl sites for hydroxylation is 1. The number of guanidine groups is 1. The highest BCUT2D eigenvalue weighted by atomic mass is 127. The monoisotopic (exact) mass is 502 g/mol. The highest BCUT2D eigenvalue weighted by molar-refractivity contribution is 14.0. The Morgan fingerprint density at radius 1 is 1.14 bits per heavy atom. The van der Waals surface area contributed by atoms with Gasteiger partial charge in [-0.1, -0.05) is 42.5 Å². The molecule has 152 valence electrons. The van der Waals surface area contributed by atoms with Gasteiger partial charge in [0.15, 0.2) is 5.96 Å². The number of nitrogens with zero attached hydrogens (tertiary/aromatic N) is 2. The zero-order valence-electron chi connectivity index (χ0n) is 16.8. The summed E-state index contributed by atoms with van der Waals surface area (Å²) in [5.74, 6) is 2.01. The van der Waals surface area contributed by atoms with Crippen LogP contribution in [0.4, 0.5) is 0 Å². The van der Waals surface area contributed by atoms with Crippen LogP contribution in [0.1, 0.15) is 36.1 Å². The van der Waals surface area contributed by atoms with Crippen molar-refractivity contribution in [1.29, 1.82) is 0 Å². The number of rotatable bonds is 6. The summed E-state index contributed by atoms with van der Waals surface area (Å²) in [5, 5.41) is 6.89. The molecule has 1 aromatic heterocycles. The van der Waals surface area contributed by atoms with E-state index >= 15 is 0 Å². The smallest absolute Gasteiger partial charge is 0.226 e. The summed E-state index contributed by atoms with van der Waals surface area (Å²) in [6.45, 7) is 5.56. The predicted octanol–water partition coefficient (Wildman–Crippen LogP) is 4.88. The highest BCUT2D eigenvalue weighted by Crippen LogP contribution is 2.42. The second kappa shape index (κ2) is 9.91. The highest BCUT2D eigenvalue weighted by Gasteiger charge is 2.39. The first-order chi connectivity index (χ1) is 13.7. The lowest BCUT2D eigenvalue weighted by Gasteiger charge is -2.11.